The van der Waals surface area contributed by atoms with Crippen molar-refractivity contribution in [3.63, 3.8) is 0 Å². The van der Waals surface area contributed by atoms with Crippen LogP contribution in [0.5, 0.6) is 0 Å². The molecule has 0 radical (unpaired) electrons. The van der Waals surface area contributed by atoms with Crippen LogP contribution in [0.3, 0.4) is 0 Å². The average Bonchev–Trinajstić information content (AvgIpc) is 2.44. The first-order valence-electron chi connectivity index (χ1n) is 7.44. The zero-order chi connectivity index (χ0) is 16.0. The van der Waals surface area contributed by atoms with Crippen LogP contribution in [0.1, 0.15) is 30.5 Å². The van der Waals surface area contributed by atoms with Gasteiger partial charge in [-0.15, -0.1) is 0 Å². The lowest BCUT2D eigenvalue weighted by Crippen LogP contribution is -2.44. The predicted molar refractivity (Wildman–Crippen MR) is 80.3 cm³/mol. The molecule has 1 aromatic carbocycles. The largest absolute Gasteiger partial charge is 0.416 e. The van der Waals surface area contributed by atoms with Crippen LogP contribution in [0, 0.1) is 6.92 Å². The maximum atomic E-state index is 13.0. The van der Waals surface area contributed by atoms with Crippen molar-refractivity contribution in [3.8, 4) is 0 Å². The Hall–Kier alpha value is -1.07. The minimum absolute atomic E-state index is 0.377. The van der Waals surface area contributed by atoms with Gasteiger partial charge in [-0.25, -0.2) is 0 Å². The van der Waals surface area contributed by atoms with Gasteiger partial charge in [-0.1, -0.05) is 31.5 Å². The number of piperazine rings is 1. The topological polar surface area (TPSA) is 6.48 Å². The number of aryl methyl sites for hydroxylation is 1. The van der Waals surface area contributed by atoms with Gasteiger partial charge in [-0.05, 0) is 25.6 Å². The number of likely N-dealkylation sites (N-methyl/N-ethyl adjacent to an activating group) is 1. The third-order valence-electron chi connectivity index (χ3n) is 3.56. The summed E-state index contributed by atoms with van der Waals surface area (Å²) in [5, 5.41) is 0. The number of alkyl halides is 3. The molecule has 0 aliphatic carbocycles. The third-order valence-corrected chi connectivity index (χ3v) is 3.56. The number of halogens is 3. The molecular formula is C16H25F3N2. The molecule has 0 atom stereocenters. The van der Waals surface area contributed by atoms with Crippen molar-refractivity contribution in [1.82, 2.24) is 9.80 Å². The maximum Gasteiger partial charge on any atom is 0.416 e. The van der Waals surface area contributed by atoms with Crippen molar-refractivity contribution >= 4 is 0 Å². The van der Waals surface area contributed by atoms with Crippen molar-refractivity contribution in [2.75, 3.05) is 33.2 Å². The molecule has 120 valence electrons. The first-order valence-corrected chi connectivity index (χ1v) is 7.44. The molecule has 1 heterocycles. The smallest absolute Gasteiger partial charge is 0.304 e. The highest BCUT2D eigenvalue weighted by Crippen LogP contribution is 2.33. The van der Waals surface area contributed by atoms with Gasteiger partial charge in [-0.2, -0.15) is 13.2 Å². The number of rotatable bonds is 2. The summed E-state index contributed by atoms with van der Waals surface area (Å²) < 4.78 is 39.1. The Morgan fingerprint density at radius 3 is 2.14 bits per heavy atom. The summed E-state index contributed by atoms with van der Waals surface area (Å²) in [6.07, 6.45) is -4.27. The summed E-state index contributed by atoms with van der Waals surface area (Å²) in [6.45, 7) is 9.53. The van der Waals surface area contributed by atoms with Crippen LogP contribution in [-0.2, 0) is 12.7 Å². The predicted octanol–water partition coefficient (Wildman–Crippen LogP) is 3.79. The van der Waals surface area contributed by atoms with E-state index in [1.54, 1.807) is 19.1 Å². The van der Waals surface area contributed by atoms with Crippen molar-refractivity contribution in [2.24, 2.45) is 0 Å². The van der Waals surface area contributed by atoms with Gasteiger partial charge in [0.15, 0.2) is 0 Å². The molecule has 0 N–H and O–H groups in total. The number of hydrogen-bond acceptors (Lipinski definition) is 2. The molecule has 2 rings (SSSR count). The third kappa shape index (κ3) is 5.32. The van der Waals surface area contributed by atoms with Crippen LogP contribution in [0.4, 0.5) is 13.2 Å². The summed E-state index contributed by atoms with van der Waals surface area (Å²) >= 11 is 0. The molecule has 0 spiro atoms. The molecule has 1 fully saturated rings. The summed E-state index contributed by atoms with van der Waals surface area (Å²) in [4.78, 5) is 4.27. The molecule has 1 aliphatic heterocycles. The van der Waals surface area contributed by atoms with E-state index < -0.39 is 11.7 Å². The average molecular weight is 302 g/mol. The van der Waals surface area contributed by atoms with Gasteiger partial charge < -0.3 is 4.90 Å². The molecule has 0 amide bonds. The normalized spacial score (nSPS) is 17.3. The number of hydrogen-bond donors (Lipinski definition) is 0. The van der Waals surface area contributed by atoms with Crippen molar-refractivity contribution in [3.05, 3.63) is 34.9 Å². The fourth-order valence-corrected chi connectivity index (χ4v) is 2.34. The molecule has 2 nitrogen and oxygen atoms in total. The molecule has 5 heteroatoms. The molecule has 0 bridgehead atoms. The van der Waals surface area contributed by atoms with Crippen LogP contribution in [0.15, 0.2) is 18.2 Å². The Labute approximate surface area is 125 Å². The number of nitrogens with zero attached hydrogens (tertiary/aromatic N) is 2. The van der Waals surface area contributed by atoms with Crippen molar-refractivity contribution < 1.29 is 13.2 Å². The minimum Gasteiger partial charge on any atom is -0.304 e. The Morgan fingerprint density at radius 2 is 1.62 bits per heavy atom. The fourth-order valence-electron chi connectivity index (χ4n) is 2.34. The first-order chi connectivity index (χ1) is 9.86. The molecule has 0 aromatic heterocycles. The van der Waals surface area contributed by atoms with E-state index in [1.165, 1.54) is 6.07 Å². The zero-order valence-electron chi connectivity index (χ0n) is 13.3. The van der Waals surface area contributed by atoms with Gasteiger partial charge in [0.1, 0.15) is 0 Å². The lowest BCUT2D eigenvalue weighted by molar-refractivity contribution is -0.138. The lowest BCUT2D eigenvalue weighted by atomic mass is 10.0. The minimum atomic E-state index is -4.27. The van der Waals surface area contributed by atoms with Crippen molar-refractivity contribution in [1.29, 1.82) is 0 Å². The van der Waals surface area contributed by atoms with Crippen LogP contribution in [0.25, 0.3) is 0 Å². The zero-order valence-corrected chi connectivity index (χ0v) is 13.3. The number of benzene rings is 1. The van der Waals surface area contributed by atoms with Gasteiger partial charge in [0.05, 0.1) is 5.56 Å². The van der Waals surface area contributed by atoms with E-state index in [2.05, 4.69) is 9.80 Å². The highest BCUT2D eigenvalue weighted by molar-refractivity contribution is 5.33. The van der Waals surface area contributed by atoms with Crippen molar-refractivity contribution in [2.45, 2.75) is 33.5 Å². The summed E-state index contributed by atoms with van der Waals surface area (Å²) in [7, 11) is 2.03. The van der Waals surface area contributed by atoms with E-state index in [0.717, 1.165) is 26.2 Å². The van der Waals surface area contributed by atoms with Crippen LogP contribution < -0.4 is 0 Å². The Kier molecular flexibility index (Phi) is 6.68. The van der Waals surface area contributed by atoms with Gasteiger partial charge in [0, 0.05) is 32.7 Å². The van der Waals surface area contributed by atoms with E-state index in [0.29, 0.717) is 17.7 Å². The monoisotopic (exact) mass is 302 g/mol. The maximum absolute atomic E-state index is 13.0. The fraction of sp³-hybridized carbons (Fsp3) is 0.625. The molecule has 1 aromatic rings. The SMILES string of the molecule is CC.Cc1ccc(CN2CCN(C)CC2)c(C(F)(F)F)c1. The van der Waals surface area contributed by atoms with Gasteiger partial charge in [-0.3, -0.25) is 4.90 Å². The second-order valence-corrected chi connectivity index (χ2v) is 5.24. The molecular weight excluding hydrogens is 277 g/mol. The standard InChI is InChI=1S/C14H19F3N2.C2H6/c1-11-3-4-12(13(9-11)14(15,16)17)10-19-7-5-18(2)6-8-19;1-2/h3-4,9H,5-8,10H2,1-2H3;1-2H3. The quantitative estimate of drug-likeness (QED) is 0.820. The molecule has 1 saturated heterocycles. The Morgan fingerprint density at radius 1 is 1.05 bits per heavy atom. The van der Waals surface area contributed by atoms with E-state index in [9.17, 15) is 13.2 Å². The summed E-state index contributed by atoms with van der Waals surface area (Å²) in [6, 6.07) is 4.60. The highest BCUT2D eigenvalue weighted by atomic mass is 19.4. The van der Waals surface area contributed by atoms with Crippen LogP contribution in [-0.4, -0.2) is 43.0 Å². The summed E-state index contributed by atoms with van der Waals surface area (Å²) in [5.41, 5.74) is 0.531. The molecule has 1 aliphatic rings. The lowest BCUT2D eigenvalue weighted by Gasteiger charge is -2.32. The van der Waals surface area contributed by atoms with Gasteiger partial charge >= 0.3 is 6.18 Å². The molecule has 0 saturated carbocycles. The van der Waals surface area contributed by atoms with Crippen LogP contribution >= 0.6 is 0 Å². The van der Waals surface area contributed by atoms with E-state index in [4.69, 9.17) is 0 Å². The summed E-state index contributed by atoms with van der Waals surface area (Å²) in [5.74, 6) is 0. The second-order valence-electron chi connectivity index (χ2n) is 5.24. The van der Waals surface area contributed by atoms with E-state index >= 15 is 0 Å². The first kappa shape index (κ1) is 18.0. The Balaban J connectivity index is 0.00000106. The van der Waals surface area contributed by atoms with E-state index in [-0.39, 0.29) is 0 Å². The van der Waals surface area contributed by atoms with E-state index in [1.807, 2.05) is 20.9 Å². The second kappa shape index (κ2) is 7.80. The highest BCUT2D eigenvalue weighted by Gasteiger charge is 2.33. The molecule has 21 heavy (non-hydrogen) atoms. The van der Waals surface area contributed by atoms with Gasteiger partial charge in [0.2, 0.25) is 0 Å². The van der Waals surface area contributed by atoms with Crippen LogP contribution in [0.2, 0.25) is 0 Å². The van der Waals surface area contributed by atoms with Gasteiger partial charge in [0.25, 0.3) is 0 Å². The molecule has 0 unspecified atom stereocenters. The Bertz CT molecular complexity index is 436.